The van der Waals surface area contributed by atoms with E-state index in [0.29, 0.717) is 0 Å². The monoisotopic (exact) mass is 768 g/mol. The van der Waals surface area contributed by atoms with Gasteiger partial charge in [0, 0.05) is 41.9 Å². The van der Waals surface area contributed by atoms with Gasteiger partial charge in [0.2, 0.25) is 0 Å². The second kappa shape index (κ2) is 13.8. The van der Waals surface area contributed by atoms with E-state index in [0.717, 1.165) is 44.4 Å². The smallest absolute Gasteiger partial charge is 0.100 e. The van der Waals surface area contributed by atoms with Crippen LogP contribution in [0.3, 0.4) is 0 Å². The Hall–Kier alpha value is -4.56. The van der Waals surface area contributed by atoms with Gasteiger partial charge in [-0.25, -0.2) is 0 Å². The molecule has 0 aliphatic heterocycles. The van der Waals surface area contributed by atoms with Crippen molar-refractivity contribution in [3.05, 3.63) is 183 Å². The molecule has 0 saturated heterocycles. The van der Waals surface area contributed by atoms with Crippen molar-refractivity contribution in [3.8, 4) is 0 Å². The lowest BCUT2D eigenvalue weighted by molar-refractivity contribution is 0.0148. The molecule has 2 nitrogen and oxygen atoms in total. The molecule has 6 aliphatic carbocycles. The fourth-order valence-electron chi connectivity index (χ4n) is 13.8. The highest BCUT2D eigenvalue weighted by atomic mass is 16.5. The molecule has 58 heavy (non-hydrogen) atoms. The Morgan fingerprint density at radius 1 is 0.724 bits per heavy atom. The van der Waals surface area contributed by atoms with E-state index in [1.807, 2.05) is 7.11 Å². The first-order valence-electron chi connectivity index (χ1n) is 22.2. The molecule has 3 aromatic rings. The summed E-state index contributed by atoms with van der Waals surface area (Å²) in [6.45, 7) is 20.1. The molecule has 0 N–H and O–H groups in total. The maximum atomic E-state index is 6.16. The van der Waals surface area contributed by atoms with Crippen molar-refractivity contribution >= 4 is 5.69 Å². The van der Waals surface area contributed by atoms with Crippen molar-refractivity contribution in [2.24, 2.45) is 16.2 Å². The SMILES string of the molecule is C=C(CCC)CCCN(C)c1ccc(C2(c3ccccc3)C=CC3=C(C=C2)C24CC2(C2=C3C=C(OC)CC(C)=C2)c2ccccc2C42CC(C)(C)CC(C)(C)C2)cc1. The molecule has 3 aromatic carbocycles. The lowest BCUT2D eigenvalue weighted by atomic mass is 9.47. The summed E-state index contributed by atoms with van der Waals surface area (Å²) in [6.07, 6.45) is 25.4. The van der Waals surface area contributed by atoms with E-state index in [1.165, 1.54) is 75.9 Å². The molecule has 0 heterocycles. The van der Waals surface area contributed by atoms with Crippen LogP contribution in [0.4, 0.5) is 5.69 Å². The average molecular weight is 768 g/mol. The van der Waals surface area contributed by atoms with Crippen LogP contribution >= 0.6 is 0 Å². The maximum Gasteiger partial charge on any atom is 0.100 e. The minimum Gasteiger partial charge on any atom is -0.501 e. The first-order valence-corrected chi connectivity index (χ1v) is 22.2. The lowest BCUT2D eigenvalue weighted by Gasteiger charge is -2.56. The van der Waals surface area contributed by atoms with Crippen molar-refractivity contribution in [2.75, 3.05) is 25.6 Å². The zero-order chi connectivity index (χ0) is 40.7. The Kier molecular flexibility index (Phi) is 9.23. The minimum atomic E-state index is -0.448. The van der Waals surface area contributed by atoms with Gasteiger partial charge >= 0.3 is 0 Å². The molecule has 2 saturated carbocycles. The number of hydrogen-bond acceptors (Lipinski definition) is 2. The molecule has 1 spiro atoms. The molecule has 0 aromatic heterocycles. The molecule has 0 amide bonds. The number of hydrogen-bond donors (Lipinski definition) is 0. The van der Waals surface area contributed by atoms with Crippen LogP contribution in [0.25, 0.3) is 0 Å². The summed E-state index contributed by atoms with van der Waals surface area (Å²) < 4.78 is 6.16. The van der Waals surface area contributed by atoms with E-state index in [9.17, 15) is 0 Å². The van der Waals surface area contributed by atoms with Crippen LogP contribution in [-0.2, 0) is 21.0 Å². The Labute approximate surface area is 349 Å². The standard InChI is InChI=1S/C56H65NO/c1-10-17-39(2)18-16-31-57(8)43-25-23-42(24-26-43)53(41-19-12-11-13-20-41)29-27-45-46-34-44(58-9)32-40(3)33-50(46)55-38-56(55,47(45)28-30-53)54(48-21-14-15-22-49(48)55)36-51(4,5)35-52(6,7)37-54/h11-15,19-30,33-34H,2,10,16-18,31-32,35-38H2,1,3-9H3. The molecular weight excluding hydrogens is 703 g/mol. The third-order valence-electron chi connectivity index (χ3n) is 15.3. The van der Waals surface area contributed by atoms with E-state index in [1.54, 1.807) is 11.1 Å². The van der Waals surface area contributed by atoms with Gasteiger partial charge in [0.1, 0.15) is 5.76 Å². The quantitative estimate of drug-likeness (QED) is 0.191. The van der Waals surface area contributed by atoms with Gasteiger partial charge in [-0.15, -0.1) is 0 Å². The summed E-state index contributed by atoms with van der Waals surface area (Å²) >= 11 is 0. The van der Waals surface area contributed by atoms with Gasteiger partial charge < -0.3 is 9.64 Å². The first kappa shape index (κ1) is 38.9. The van der Waals surface area contributed by atoms with Gasteiger partial charge in [-0.2, -0.15) is 0 Å². The van der Waals surface area contributed by atoms with E-state index in [2.05, 4.69) is 175 Å². The number of fused-ring (bicyclic) bond motifs is 3. The van der Waals surface area contributed by atoms with Gasteiger partial charge in [0.25, 0.3) is 0 Å². The number of allylic oxidation sites excluding steroid dienone is 12. The van der Waals surface area contributed by atoms with Crippen LogP contribution < -0.4 is 4.90 Å². The predicted molar refractivity (Wildman–Crippen MR) is 244 cm³/mol. The zero-order valence-corrected chi connectivity index (χ0v) is 36.6. The molecular formula is C56H65NO. The summed E-state index contributed by atoms with van der Waals surface area (Å²) in [7, 11) is 4.08. The maximum absolute atomic E-state index is 6.16. The molecule has 6 aliphatic rings. The van der Waals surface area contributed by atoms with Crippen LogP contribution in [0.15, 0.2) is 161 Å². The topological polar surface area (TPSA) is 12.5 Å². The Morgan fingerprint density at radius 2 is 1.38 bits per heavy atom. The number of ether oxygens (including phenoxy) is 1. The first-order chi connectivity index (χ1) is 27.7. The third-order valence-corrected chi connectivity index (χ3v) is 15.3. The second-order valence-corrected chi connectivity index (χ2v) is 20.6. The van der Waals surface area contributed by atoms with Crippen molar-refractivity contribution < 1.29 is 4.74 Å². The van der Waals surface area contributed by atoms with E-state index in [4.69, 9.17) is 4.74 Å². The van der Waals surface area contributed by atoms with E-state index in [-0.39, 0.29) is 27.1 Å². The number of anilines is 1. The van der Waals surface area contributed by atoms with Gasteiger partial charge in [-0.05, 0) is 125 Å². The normalized spacial score (nSPS) is 27.9. The molecule has 3 unspecified atom stereocenters. The summed E-state index contributed by atoms with van der Waals surface area (Å²) in [5, 5.41) is 0. The molecule has 0 bridgehead atoms. The molecule has 2 heteroatoms. The molecule has 0 radical (unpaired) electrons. The van der Waals surface area contributed by atoms with Gasteiger partial charge in [0.05, 0.1) is 12.5 Å². The van der Waals surface area contributed by atoms with Crippen molar-refractivity contribution in [2.45, 2.75) is 116 Å². The lowest BCUT2D eigenvalue weighted by Crippen LogP contribution is -2.50. The Balaban J connectivity index is 1.23. The summed E-state index contributed by atoms with van der Waals surface area (Å²) in [6, 6.07) is 30.4. The molecule has 9 rings (SSSR count). The minimum absolute atomic E-state index is 0.0167. The Morgan fingerprint density at radius 3 is 2.07 bits per heavy atom. The van der Waals surface area contributed by atoms with Crippen LogP contribution in [0.2, 0.25) is 0 Å². The van der Waals surface area contributed by atoms with E-state index >= 15 is 0 Å². The van der Waals surface area contributed by atoms with Crippen molar-refractivity contribution in [1.82, 2.24) is 0 Å². The van der Waals surface area contributed by atoms with Crippen LogP contribution in [0, 0.1) is 16.2 Å². The van der Waals surface area contributed by atoms with Gasteiger partial charge in [-0.3, -0.25) is 0 Å². The highest BCUT2D eigenvalue weighted by molar-refractivity contribution is 5.81. The number of methoxy groups -OCH3 is 1. The summed E-state index contributed by atoms with van der Waals surface area (Å²) in [4.78, 5) is 2.41. The van der Waals surface area contributed by atoms with Gasteiger partial charge in [0.15, 0.2) is 0 Å². The molecule has 300 valence electrons. The molecule has 3 atom stereocenters. The van der Waals surface area contributed by atoms with E-state index < -0.39 is 5.41 Å². The summed E-state index contributed by atoms with van der Waals surface area (Å²) in [5.74, 6) is 1.04. The Bertz CT molecular complexity index is 2320. The van der Waals surface area contributed by atoms with Crippen LogP contribution in [0.5, 0.6) is 0 Å². The number of nitrogens with zero attached hydrogens (tertiary/aromatic N) is 1. The van der Waals surface area contributed by atoms with Crippen molar-refractivity contribution in [3.63, 3.8) is 0 Å². The zero-order valence-electron chi connectivity index (χ0n) is 36.6. The van der Waals surface area contributed by atoms with Crippen molar-refractivity contribution in [1.29, 1.82) is 0 Å². The highest BCUT2D eigenvalue weighted by Crippen LogP contribution is 2.89. The highest BCUT2D eigenvalue weighted by Gasteiger charge is 2.85. The van der Waals surface area contributed by atoms with Gasteiger partial charge in [-0.1, -0.05) is 156 Å². The molecule has 2 fully saturated rings. The third kappa shape index (κ3) is 5.71. The summed E-state index contributed by atoms with van der Waals surface area (Å²) in [5.41, 5.74) is 15.4. The second-order valence-electron chi connectivity index (χ2n) is 20.6. The van der Waals surface area contributed by atoms with Crippen LogP contribution in [0.1, 0.15) is 122 Å². The largest absolute Gasteiger partial charge is 0.501 e. The van der Waals surface area contributed by atoms with Crippen LogP contribution in [-0.4, -0.2) is 20.7 Å². The fourth-order valence-corrected chi connectivity index (χ4v) is 13.8. The fraction of sp³-hybridized carbons (Fsp3) is 0.429. The average Bonchev–Trinajstić information content (AvgIpc) is 3.94. The number of rotatable bonds is 10. The predicted octanol–water partition coefficient (Wildman–Crippen LogP) is 14.0. The number of benzene rings is 3.